The third-order valence-electron chi connectivity index (χ3n) is 4.84. The minimum Gasteiger partial charge on any atom is -0.368 e. The summed E-state index contributed by atoms with van der Waals surface area (Å²) in [4.78, 5) is 12.8. The number of nitrogens with two attached hydrogens (primary N) is 1. The Hall–Kier alpha value is -2.60. The normalized spacial score (nSPS) is 11.6. The number of rotatable bonds is 10. The smallest absolute Gasteiger partial charge is 0.244 e. The summed E-state index contributed by atoms with van der Waals surface area (Å²) in [5.41, 5.74) is 7.30. The number of thioether (sulfide) groups is 1. The molecule has 3 N–H and O–H groups in total. The highest BCUT2D eigenvalue weighted by atomic mass is 35.5. The quantitative estimate of drug-likeness (QED) is 0.402. The molecule has 3 rings (SSSR count). The summed E-state index contributed by atoms with van der Waals surface area (Å²) in [6.45, 7) is 4.24. The fraction of sp³-hybridized carbons (Fsp3) is 0.286. The summed E-state index contributed by atoms with van der Waals surface area (Å²) >= 11 is 7.57. The van der Waals surface area contributed by atoms with Gasteiger partial charge in [-0.15, -0.1) is 10.2 Å². The highest BCUT2D eigenvalue weighted by molar-refractivity contribution is 7.98. The molecule has 2 aromatic carbocycles. The molecular formula is C21H25ClN6O3S2. The van der Waals surface area contributed by atoms with Crippen LogP contribution in [0.3, 0.4) is 0 Å². The Bertz CT molecular complexity index is 1210. The van der Waals surface area contributed by atoms with Crippen LogP contribution in [0.2, 0.25) is 5.02 Å². The molecule has 0 atom stereocenters. The Morgan fingerprint density at radius 1 is 1.12 bits per heavy atom. The van der Waals surface area contributed by atoms with Gasteiger partial charge in [-0.1, -0.05) is 55.4 Å². The summed E-state index contributed by atoms with van der Waals surface area (Å²) in [7, 11) is -3.56. The number of halogens is 1. The third-order valence-corrected chi connectivity index (χ3v) is 8.29. The van der Waals surface area contributed by atoms with Crippen molar-refractivity contribution in [1.29, 1.82) is 0 Å². The first-order valence-electron chi connectivity index (χ1n) is 10.2. The van der Waals surface area contributed by atoms with Gasteiger partial charge in [0.25, 0.3) is 0 Å². The summed E-state index contributed by atoms with van der Waals surface area (Å²) in [6, 6.07) is 13.5. The van der Waals surface area contributed by atoms with Gasteiger partial charge in [-0.3, -0.25) is 9.36 Å². The molecule has 9 nitrogen and oxygen atoms in total. The minimum atomic E-state index is -3.56. The maximum atomic E-state index is 12.6. The number of carbonyl (C=O) groups is 1. The molecule has 0 unspecified atom stereocenters. The van der Waals surface area contributed by atoms with Gasteiger partial charge in [0, 0.05) is 29.6 Å². The maximum Gasteiger partial charge on any atom is 0.244 e. The third kappa shape index (κ3) is 6.05. The second kappa shape index (κ2) is 11.0. The van der Waals surface area contributed by atoms with E-state index in [1.807, 2.05) is 24.3 Å². The lowest BCUT2D eigenvalue weighted by molar-refractivity contribution is -0.116. The van der Waals surface area contributed by atoms with E-state index in [4.69, 9.17) is 17.3 Å². The van der Waals surface area contributed by atoms with E-state index in [2.05, 4.69) is 15.5 Å². The molecule has 0 saturated carbocycles. The Labute approximate surface area is 202 Å². The van der Waals surface area contributed by atoms with Gasteiger partial charge in [-0.05, 0) is 35.9 Å². The highest BCUT2D eigenvalue weighted by Crippen LogP contribution is 2.26. The summed E-state index contributed by atoms with van der Waals surface area (Å²) < 4.78 is 28.1. The predicted molar refractivity (Wildman–Crippen MR) is 131 cm³/mol. The van der Waals surface area contributed by atoms with Crippen LogP contribution >= 0.6 is 23.4 Å². The van der Waals surface area contributed by atoms with Gasteiger partial charge in [-0.2, -0.15) is 4.31 Å². The van der Waals surface area contributed by atoms with Gasteiger partial charge in [0.1, 0.15) is 6.54 Å². The molecule has 0 aliphatic rings. The van der Waals surface area contributed by atoms with Crippen molar-refractivity contribution in [2.75, 3.05) is 24.1 Å². The molecule has 0 aliphatic carbocycles. The van der Waals surface area contributed by atoms with Crippen molar-refractivity contribution in [3.63, 3.8) is 0 Å². The largest absolute Gasteiger partial charge is 0.368 e. The van der Waals surface area contributed by atoms with E-state index >= 15 is 0 Å². The zero-order chi connectivity index (χ0) is 24.0. The number of nitrogens with one attached hydrogen (secondary N) is 1. The Kier molecular flexibility index (Phi) is 8.35. The molecule has 1 heterocycles. The van der Waals surface area contributed by atoms with Crippen LogP contribution < -0.4 is 11.1 Å². The number of hydrogen-bond acceptors (Lipinski definition) is 7. The fourth-order valence-electron chi connectivity index (χ4n) is 3.08. The van der Waals surface area contributed by atoms with Gasteiger partial charge in [0.05, 0.1) is 4.90 Å². The second-order valence-electron chi connectivity index (χ2n) is 6.97. The number of aromatic nitrogens is 3. The Morgan fingerprint density at radius 2 is 1.79 bits per heavy atom. The van der Waals surface area contributed by atoms with E-state index in [0.29, 0.717) is 34.7 Å². The summed E-state index contributed by atoms with van der Waals surface area (Å²) in [6.07, 6.45) is 0. The van der Waals surface area contributed by atoms with Crippen molar-refractivity contribution in [1.82, 2.24) is 19.1 Å². The Balaban J connectivity index is 1.66. The fourth-order valence-corrected chi connectivity index (χ4v) is 5.77. The molecule has 0 radical (unpaired) electrons. The monoisotopic (exact) mass is 508 g/mol. The van der Waals surface area contributed by atoms with Crippen LogP contribution in [-0.2, 0) is 27.1 Å². The van der Waals surface area contributed by atoms with Crippen molar-refractivity contribution in [3.8, 4) is 0 Å². The number of carbonyl (C=O) groups excluding carboxylic acids is 1. The van der Waals surface area contributed by atoms with Crippen LogP contribution in [0.4, 0.5) is 11.6 Å². The van der Waals surface area contributed by atoms with E-state index < -0.39 is 10.0 Å². The van der Waals surface area contributed by atoms with Crippen LogP contribution in [0, 0.1) is 0 Å². The van der Waals surface area contributed by atoms with Gasteiger partial charge < -0.3 is 11.1 Å². The second-order valence-corrected chi connectivity index (χ2v) is 10.3. The number of benzene rings is 2. The molecule has 0 aliphatic heterocycles. The molecule has 3 aromatic rings. The minimum absolute atomic E-state index is 0.0941. The first-order valence-corrected chi connectivity index (χ1v) is 13.0. The van der Waals surface area contributed by atoms with Crippen molar-refractivity contribution in [2.24, 2.45) is 0 Å². The van der Waals surface area contributed by atoms with Crippen LogP contribution in [0.15, 0.2) is 58.6 Å². The molecule has 0 fully saturated rings. The number of nitrogens with zero attached hydrogens (tertiary/aromatic N) is 4. The molecule has 176 valence electrons. The SMILES string of the molecule is CCN(CC)S(=O)(=O)c1ccc(NC(=O)Cn2c(N)nnc2SCc2ccccc2Cl)cc1. The molecule has 1 amide bonds. The number of amides is 1. The van der Waals surface area contributed by atoms with Crippen molar-refractivity contribution < 1.29 is 13.2 Å². The lowest BCUT2D eigenvalue weighted by atomic mass is 10.2. The van der Waals surface area contributed by atoms with E-state index in [1.54, 1.807) is 26.0 Å². The van der Waals surface area contributed by atoms with Gasteiger partial charge in [0.15, 0.2) is 5.16 Å². The molecule has 0 bridgehead atoms. The lowest BCUT2D eigenvalue weighted by Gasteiger charge is -2.18. The van der Waals surface area contributed by atoms with Crippen LogP contribution in [0.5, 0.6) is 0 Å². The van der Waals surface area contributed by atoms with Gasteiger partial charge in [0.2, 0.25) is 21.9 Å². The first kappa shape index (κ1) is 25.0. The molecule has 0 saturated heterocycles. The molecule has 0 spiro atoms. The molecule has 12 heteroatoms. The highest BCUT2D eigenvalue weighted by Gasteiger charge is 2.21. The molecule has 33 heavy (non-hydrogen) atoms. The van der Waals surface area contributed by atoms with Gasteiger partial charge >= 0.3 is 0 Å². The van der Waals surface area contributed by atoms with Crippen LogP contribution in [-0.4, -0.2) is 46.5 Å². The lowest BCUT2D eigenvalue weighted by Crippen LogP contribution is -2.30. The summed E-state index contributed by atoms with van der Waals surface area (Å²) in [5.74, 6) is 0.315. The Morgan fingerprint density at radius 3 is 2.42 bits per heavy atom. The van der Waals surface area contributed by atoms with E-state index in [-0.39, 0.29) is 23.3 Å². The van der Waals surface area contributed by atoms with Crippen molar-refractivity contribution in [3.05, 3.63) is 59.1 Å². The number of nitrogen functional groups attached to an aromatic ring is 1. The summed E-state index contributed by atoms with van der Waals surface area (Å²) in [5, 5.41) is 11.8. The topological polar surface area (TPSA) is 123 Å². The zero-order valence-corrected chi connectivity index (χ0v) is 20.6. The van der Waals surface area contributed by atoms with Crippen molar-refractivity contribution >= 4 is 50.9 Å². The van der Waals surface area contributed by atoms with Gasteiger partial charge in [-0.25, -0.2) is 8.42 Å². The predicted octanol–water partition coefficient (Wildman–Crippen LogP) is 3.48. The standard InChI is InChI=1S/C21H25ClN6O3S2/c1-3-27(4-2)33(30,31)17-11-9-16(10-12-17)24-19(29)13-28-20(23)25-26-21(28)32-14-15-7-5-6-8-18(15)22/h5-12H,3-4,13-14H2,1-2H3,(H2,23,25)(H,24,29). The number of sulfonamides is 1. The first-order chi connectivity index (χ1) is 15.8. The van der Waals surface area contributed by atoms with Crippen LogP contribution in [0.25, 0.3) is 0 Å². The van der Waals surface area contributed by atoms with Crippen molar-refractivity contribution in [2.45, 2.75) is 36.2 Å². The van der Waals surface area contributed by atoms with E-state index in [9.17, 15) is 13.2 Å². The van der Waals surface area contributed by atoms with E-state index in [1.165, 1.54) is 32.8 Å². The molecular weight excluding hydrogens is 484 g/mol. The maximum absolute atomic E-state index is 12.6. The molecule has 1 aromatic heterocycles. The number of hydrogen-bond donors (Lipinski definition) is 2. The van der Waals surface area contributed by atoms with Crippen LogP contribution in [0.1, 0.15) is 19.4 Å². The zero-order valence-electron chi connectivity index (χ0n) is 18.2. The average Bonchev–Trinajstić information content (AvgIpc) is 3.13. The average molecular weight is 509 g/mol. The number of anilines is 2. The van der Waals surface area contributed by atoms with E-state index in [0.717, 1.165) is 5.56 Å².